The van der Waals surface area contributed by atoms with E-state index in [1.54, 1.807) is 22.7 Å². The zero-order valence-electron chi connectivity index (χ0n) is 20.1. The fraction of sp³-hybridized carbons (Fsp3) is 0.429. The molecule has 1 aromatic carbocycles. The van der Waals surface area contributed by atoms with Gasteiger partial charge in [-0.15, -0.1) is 22.7 Å². The standard InChI is InChI=1S/C28H32N2O2S2/c1-28(2,3)18-12-13-19-21(16-33-23(19)14-18)25(31)30-27-24(20-10-7-11-22(20)34-27)26(32)29-15-17-8-5-4-6-9-17/h4-6,8-9,16,18H,7,10-15H2,1-3H3,(H,29,32)(H,30,31). The van der Waals surface area contributed by atoms with Crippen LogP contribution in [0.2, 0.25) is 0 Å². The van der Waals surface area contributed by atoms with Crippen molar-refractivity contribution in [1.29, 1.82) is 0 Å². The first-order valence-corrected chi connectivity index (χ1v) is 13.9. The number of fused-ring (bicyclic) bond motifs is 2. The van der Waals surface area contributed by atoms with Gasteiger partial charge in [-0.3, -0.25) is 9.59 Å². The van der Waals surface area contributed by atoms with E-state index < -0.39 is 0 Å². The molecule has 0 aliphatic heterocycles. The Bertz CT molecular complexity index is 1220. The van der Waals surface area contributed by atoms with E-state index in [1.807, 2.05) is 35.7 Å². The third kappa shape index (κ3) is 4.58. The van der Waals surface area contributed by atoms with Gasteiger partial charge in [-0.1, -0.05) is 51.1 Å². The average molecular weight is 493 g/mol. The summed E-state index contributed by atoms with van der Waals surface area (Å²) in [5, 5.41) is 8.92. The monoisotopic (exact) mass is 492 g/mol. The van der Waals surface area contributed by atoms with Crippen LogP contribution in [0.25, 0.3) is 0 Å². The zero-order valence-corrected chi connectivity index (χ0v) is 21.8. The highest BCUT2D eigenvalue weighted by Crippen LogP contribution is 2.42. The molecular formula is C28H32N2O2S2. The summed E-state index contributed by atoms with van der Waals surface area (Å²) in [6.45, 7) is 7.41. The summed E-state index contributed by atoms with van der Waals surface area (Å²) in [5.41, 5.74) is 5.12. The van der Waals surface area contributed by atoms with E-state index in [0.29, 0.717) is 23.0 Å². The van der Waals surface area contributed by atoms with E-state index >= 15 is 0 Å². The highest BCUT2D eigenvalue weighted by atomic mass is 32.1. The first-order chi connectivity index (χ1) is 16.3. The highest BCUT2D eigenvalue weighted by Gasteiger charge is 2.33. The number of carbonyl (C=O) groups excluding carboxylic acids is 2. The molecule has 1 atom stereocenters. The minimum absolute atomic E-state index is 0.0799. The lowest BCUT2D eigenvalue weighted by Gasteiger charge is -2.34. The van der Waals surface area contributed by atoms with E-state index in [-0.39, 0.29) is 17.2 Å². The number of anilines is 1. The minimum atomic E-state index is -0.0982. The summed E-state index contributed by atoms with van der Waals surface area (Å²) in [5.74, 6) is 0.470. The molecule has 2 aromatic heterocycles. The van der Waals surface area contributed by atoms with Gasteiger partial charge in [0.05, 0.1) is 11.1 Å². The number of nitrogens with one attached hydrogen (secondary N) is 2. The number of benzene rings is 1. The molecule has 0 spiro atoms. The molecule has 6 heteroatoms. The average Bonchev–Trinajstić information content (AvgIpc) is 3.51. The van der Waals surface area contributed by atoms with Crippen LogP contribution in [0.15, 0.2) is 35.7 Å². The Balaban J connectivity index is 1.35. The lowest BCUT2D eigenvalue weighted by Crippen LogP contribution is -2.27. The van der Waals surface area contributed by atoms with Crippen LogP contribution in [-0.4, -0.2) is 11.8 Å². The summed E-state index contributed by atoms with van der Waals surface area (Å²) >= 11 is 3.29. The highest BCUT2D eigenvalue weighted by molar-refractivity contribution is 7.17. The molecule has 5 rings (SSSR count). The Hall–Kier alpha value is -2.44. The maximum Gasteiger partial charge on any atom is 0.257 e. The number of carbonyl (C=O) groups is 2. The molecule has 178 valence electrons. The van der Waals surface area contributed by atoms with Crippen molar-refractivity contribution >= 4 is 39.5 Å². The molecular weight excluding hydrogens is 460 g/mol. The van der Waals surface area contributed by atoms with Gasteiger partial charge in [0.25, 0.3) is 11.8 Å². The molecule has 34 heavy (non-hydrogen) atoms. The normalized spacial score (nSPS) is 17.2. The molecule has 1 unspecified atom stereocenters. The van der Waals surface area contributed by atoms with Gasteiger partial charge >= 0.3 is 0 Å². The SMILES string of the molecule is CC(C)(C)C1CCc2c(C(=O)Nc3sc4c(c3C(=O)NCc3ccccc3)CCC4)csc2C1. The molecule has 0 saturated carbocycles. The van der Waals surface area contributed by atoms with Gasteiger partial charge in [0.15, 0.2) is 0 Å². The molecule has 2 heterocycles. The van der Waals surface area contributed by atoms with E-state index in [9.17, 15) is 9.59 Å². The number of thiophene rings is 2. The number of amides is 2. The lowest BCUT2D eigenvalue weighted by molar-refractivity contribution is 0.0951. The fourth-order valence-corrected chi connectivity index (χ4v) is 7.65. The lowest BCUT2D eigenvalue weighted by atomic mass is 9.72. The van der Waals surface area contributed by atoms with Gasteiger partial charge in [0.2, 0.25) is 0 Å². The van der Waals surface area contributed by atoms with Crippen molar-refractivity contribution < 1.29 is 9.59 Å². The van der Waals surface area contributed by atoms with Crippen LogP contribution in [-0.2, 0) is 32.2 Å². The number of hydrogen-bond acceptors (Lipinski definition) is 4. The molecule has 0 saturated heterocycles. The number of hydrogen-bond donors (Lipinski definition) is 2. The van der Waals surface area contributed by atoms with Crippen molar-refractivity contribution in [2.75, 3.05) is 5.32 Å². The predicted molar refractivity (Wildman–Crippen MR) is 141 cm³/mol. The topological polar surface area (TPSA) is 58.2 Å². The minimum Gasteiger partial charge on any atom is -0.348 e. The quantitative estimate of drug-likeness (QED) is 0.420. The Morgan fingerprint density at radius 1 is 1.00 bits per heavy atom. The van der Waals surface area contributed by atoms with E-state index in [2.05, 4.69) is 31.4 Å². The number of rotatable bonds is 5. The second-order valence-corrected chi connectivity index (χ2v) is 12.6. The summed E-state index contributed by atoms with van der Waals surface area (Å²) in [4.78, 5) is 29.2. The van der Waals surface area contributed by atoms with Crippen LogP contribution in [0.4, 0.5) is 5.00 Å². The van der Waals surface area contributed by atoms with Crippen LogP contribution in [0.1, 0.15) is 80.8 Å². The summed E-state index contributed by atoms with van der Waals surface area (Å²) in [6, 6.07) is 9.92. The van der Waals surface area contributed by atoms with Crippen molar-refractivity contribution in [3.63, 3.8) is 0 Å². The second-order valence-electron chi connectivity index (χ2n) is 10.5. The van der Waals surface area contributed by atoms with Crippen molar-refractivity contribution in [3.05, 3.63) is 73.3 Å². The summed E-state index contributed by atoms with van der Waals surface area (Å²) in [6.07, 6.45) is 6.08. The van der Waals surface area contributed by atoms with Gasteiger partial charge in [0.1, 0.15) is 5.00 Å². The summed E-state index contributed by atoms with van der Waals surface area (Å²) < 4.78 is 0. The Morgan fingerprint density at radius 2 is 1.79 bits per heavy atom. The molecule has 2 N–H and O–H groups in total. The Labute approximate surface area is 209 Å². The van der Waals surface area contributed by atoms with Gasteiger partial charge in [-0.25, -0.2) is 0 Å². The first kappa shape index (κ1) is 23.3. The Kier molecular flexibility index (Phi) is 6.38. The molecule has 3 aromatic rings. The van der Waals surface area contributed by atoms with Crippen LogP contribution in [0, 0.1) is 11.3 Å². The maximum atomic E-state index is 13.4. The van der Waals surface area contributed by atoms with E-state index in [4.69, 9.17) is 0 Å². The van der Waals surface area contributed by atoms with Gasteiger partial charge in [-0.05, 0) is 66.5 Å². The molecule has 2 amide bonds. The van der Waals surface area contributed by atoms with Gasteiger partial charge in [-0.2, -0.15) is 0 Å². The second kappa shape index (κ2) is 9.31. The van der Waals surface area contributed by atoms with Crippen molar-refractivity contribution in [3.8, 4) is 0 Å². The van der Waals surface area contributed by atoms with Gasteiger partial charge < -0.3 is 10.6 Å². The van der Waals surface area contributed by atoms with Crippen LogP contribution < -0.4 is 10.6 Å². The molecule has 2 aliphatic carbocycles. The van der Waals surface area contributed by atoms with Crippen LogP contribution in [0.3, 0.4) is 0 Å². The molecule has 0 radical (unpaired) electrons. The molecule has 0 fully saturated rings. The number of aryl methyl sites for hydroxylation is 1. The molecule has 2 aliphatic rings. The van der Waals surface area contributed by atoms with Crippen molar-refractivity contribution in [2.45, 2.75) is 65.8 Å². The van der Waals surface area contributed by atoms with E-state index in [1.165, 1.54) is 15.3 Å². The largest absolute Gasteiger partial charge is 0.348 e. The van der Waals surface area contributed by atoms with Crippen molar-refractivity contribution in [2.24, 2.45) is 11.3 Å². The fourth-order valence-electron chi connectivity index (χ4n) is 5.21. The van der Waals surface area contributed by atoms with E-state index in [0.717, 1.165) is 55.2 Å². The maximum absolute atomic E-state index is 13.4. The van der Waals surface area contributed by atoms with Crippen LogP contribution >= 0.6 is 22.7 Å². The predicted octanol–water partition coefficient (Wildman–Crippen LogP) is 6.63. The third-order valence-corrected chi connectivity index (χ3v) is 9.55. The third-order valence-electron chi connectivity index (χ3n) is 7.30. The summed E-state index contributed by atoms with van der Waals surface area (Å²) in [7, 11) is 0. The smallest absolute Gasteiger partial charge is 0.257 e. The first-order valence-electron chi connectivity index (χ1n) is 12.2. The van der Waals surface area contributed by atoms with Crippen LogP contribution in [0.5, 0.6) is 0 Å². The Morgan fingerprint density at radius 3 is 2.56 bits per heavy atom. The zero-order chi connectivity index (χ0) is 23.9. The van der Waals surface area contributed by atoms with Crippen molar-refractivity contribution in [1.82, 2.24) is 5.32 Å². The molecule has 4 nitrogen and oxygen atoms in total. The molecule has 0 bridgehead atoms. The van der Waals surface area contributed by atoms with Gasteiger partial charge in [0, 0.05) is 21.7 Å².